The van der Waals surface area contributed by atoms with Gasteiger partial charge in [0.15, 0.2) is 11.6 Å². The first-order valence-corrected chi connectivity index (χ1v) is 8.96. The van der Waals surface area contributed by atoms with Crippen LogP contribution in [0.1, 0.15) is 5.56 Å². The van der Waals surface area contributed by atoms with Crippen molar-refractivity contribution >= 4 is 34.8 Å². The Labute approximate surface area is 163 Å². The van der Waals surface area contributed by atoms with Crippen LogP contribution in [0.5, 0.6) is 11.5 Å². The van der Waals surface area contributed by atoms with Gasteiger partial charge in [-0.25, -0.2) is 13.6 Å². The molecule has 0 saturated carbocycles. The topological polar surface area (TPSA) is 60.3 Å². The van der Waals surface area contributed by atoms with Crippen molar-refractivity contribution in [3.63, 3.8) is 0 Å². The lowest BCUT2D eigenvalue weighted by molar-refractivity contribution is -0.129. The van der Waals surface area contributed by atoms with Gasteiger partial charge in [-0.1, -0.05) is 0 Å². The summed E-state index contributed by atoms with van der Waals surface area (Å²) in [6.45, 7) is 0. The number of ether oxygens (including phenoxy) is 2. The Hall–Kier alpha value is -3.39. The summed E-state index contributed by atoms with van der Waals surface area (Å²) in [5, 5.41) is 11.3. The third-order valence-electron chi connectivity index (χ3n) is 3.49. The quantitative estimate of drug-likeness (QED) is 0.218. The van der Waals surface area contributed by atoms with E-state index >= 15 is 0 Å². The molecule has 1 heterocycles. The molecule has 28 heavy (non-hydrogen) atoms. The molecule has 0 bridgehead atoms. The molecule has 0 atom stereocenters. The zero-order chi connectivity index (χ0) is 19.9. The maximum absolute atomic E-state index is 14.2. The summed E-state index contributed by atoms with van der Waals surface area (Å²) in [6.07, 6.45) is 2.59. The molecule has 0 unspecified atom stereocenters. The predicted octanol–water partition coefficient (Wildman–Crippen LogP) is 6.07. The van der Waals surface area contributed by atoms with Crippen molar-refractivity contribution in [3.8, 4) is 11.5 Å². The largest absolute Gasteiger partial charge is 0.497 e. The van der Waals surface area contributed by atoms with Crippen LogP contribution in [-0.2, 0) is 4.79 Å². The van der Waals surface area contributed by atoms with Crippen LogP contribution < -0.4 is 9.47 Å². The molecule has 1 aromatic heterocycles. The molecule has 0 fully saturated rings. The SMILES string of the molecule is COc1ccc(N=Nc2cc(F)c(OC(=O)/C=C/c3ccsc3)c(F)c2)cc1. The molecule has 8 heteroatoms. The highest BCUT2D eigenvalue weighted by atomic mass is 32.1. The molecule has 5 nitrogen and oxygen atoms in total. The van der Waals surface area contributed by atoms with Crippen molar-refractivity contribution in [2.24, 2.45) is 10.2 Å². The number of thiophene rings is 1. The van der Waals surface area contributed by atoms with Crippen LogP contribution in [0.3, 0.4) is 0 Å². The first-order valence-electron chi connectivity index (χ1n) is 8.02. The molecule has 0 N–H and O–H groups in total. The molecule has 0 amide bonds. The molecule has 142 valence electrons. The van der Waals surface area contributed by atoms with Gasteiger partial charge in [-0.05, 0) is 52.7 Å². The lowest BCUT2D eigenvalue weighted by Gasteiger charge is -2.05. The highest BCUT2D eigenvalue weighted by Crippen LogP contribution is 2.29. The Morgan fingerprint density at radius 3 is 2.32 bits per heavy atom. The standard InChI is InChI=1S/C20H14F2N2O3S/c1-26-16-5-3-14(4-6-16)23-24-15-10-17(21)20(18(22)11-15)27-19(25)7-2-13-8-9-28-12-13/h2-12H,1H3/b7-2+,24-23?. The van der Waals surface area contributed by atoms with Crippen molar-refractivity contribution in [3.05, 3.63) is 76.5 Å². The zero-order valence-electron chi connectivity index (χ0n) is 14.6. The average molecular weight is 400 g/mol. The normalized spacial score (nSPS) is 11.2. The Kier molecular flexibility index (Phi) is 6.23. The minimum Gasteiger partial charge on any atom is -0.497 e. The van der Waals surface area contributed by atoms with E-state index in [2.05, 4.69) is 10.2 Å². The van der Waals surface area contributed by atoms with Crippen LogP contribution >= 0.6 is 11.3 Å². The molecule has 0 saturated heterocycles. The smallest absolute Gasteiger partial charge is 0.336 e. The van der Waals surface area contributed by atoms with E-state index in [1.165, 1.54) is 24.5 Å². The molecule has 3 rings (SSSR count). The van der Waals surface area contributed by atoms with Gasteiger partial charge in [-0.3, -0.25) is 0 Å². The summed E-state index contributed by atoms with van der Waals surface area (Å²) >= 11 is 1.46. The summed E-state index contributed by atoms with van der Waals surface area (Å²) in [7, 11) is 1.54. The third kappa shape index (κ3) is 5.08. The number of esters is 1. The lowest BCUT2D eigenvalue weighted by Crippen LogP contribution is -2.06. The molecule has 0 radical (unpaired) electrons. The van der Waals surface area contributed by atoms with Crippen molar-refractivity contribution in [2.75, 3.05) is 7.11 Å². The van der Waals surface area contributed by atoms with Gasteiger partial charge in [-0.2, -0.15) is 21.6 Å². The Morgan fingerprint density at radius 1 is 1.04 bits per heavy atom. The number of carbonyl (C=O) groups is 1. The van der Waals surface area contributed by atoms with E-state index in [0.717, 1.165) is 23.8 Å². The van der Waals surface area contributed by atoms with E-state index in [4.69, 9.17) is 9.47 Å². The number of carbonyl (C=O) groups excluding carboxylic acids is 1. The monoisotopic (exact) mass is 400 g/mol. The van der Waals surface area contributed by atoms with Gasteiger partial charge in [-0.15, -0.1) is 0 Å². The fraction of sp³-hybridized carbons (Fsp3) is 0.0500. The van der Waals surface area contributed by atoms with Crippen LogP contribution in [-0.4, -0.2) is 13.1 Å². The number of methoxy groups -OCH3 is 1. The van der Waals surface area contributed by atoms with E-state index in [1.807, 2.05) is 10.8 Å². The van der Waals surface area contributed by atoms with Crippen LogP contribution in [0, 0.1) is 11.6 Å². The van der Waals surface area contributed by atoms with E-state index in [0.29, 0.717) is 11.4 Å². The fourth-order valence-corrected chi connectivity index (χ4v) is 2.76. The maximum atomic E-state index is 14.2. The van der Waals surface area contributed by atoms with Crippen LogP contribution in [0.2, 0.25) is 0 Å². The van der Waals surface area contributed by atoms with Gasteiger partial charge in [0.1, 0.15) is 5.75 Å². The van der Waals surface area contributed by atoms with E-state index in [9.17, 15) is 13.6 Å². The summed E-state index contributed by atoms with van der Waals surface area (Å²) in [5.74, 6) is -3.14. The van der Waals surface area contributed by atoms with Crippen LogP contribution in [0.25, 0.3) is 6.08 Å². The Morgan fingerprint density at radius 2 is 1.71 bits per heavy atom. The van der Waals surface area contributed by atoms with Crippen molar-refractivity contribution in [1.29, 1.82) is 0 Å². The van der Waals surface area contributed by atoms with Gasteiger partial charge in [0.2, 0.25) is 5.75 Å². The first kappa shape index (κ1) is 19.4. The third-order valence-corrected chi connectivity index (χ3v) is 4.20. The summed E-state index contributed by atoms with van der Waals surface area (Å²) in [6, 6.07) is 10.3. The molecule has 0 spiro atoms. The van der Waals surface area contributed by atoms with E-state index in [-0.39, 0.29) is 5.69 Å². The molecular formula is C20H14F2N2O3S. The lowest BCUT2D eigenvalue weighted by atomic mass is 10.2. The van der Waals surface area contributed by atoms with Gasteiger partial charge in [0, 0.05) is 18.2 Å². The second-order valence-corrected chi connectivity index (χ2v) is 6.23. The summed E-state index contributed by atoms with van der Waals surface area (Å²) < 4.78 is 38.1. The number of nitrogens with zero attached hydrogens (tertiary/aromatic N) is 2. The molecule has 0 aliphatic rings. The second-order valence-electron chi connectivity index (χ2n) is 5.45. The van der Waals surface area contributed by atoms with E-state index in [1.54, 1.807) is 30.3 Å². The Balaban J connectivity index is 1.71. The highest BCUT2D eigenvalue weighted by Gasteiger charge is 2.15. The number of benzene rings is 2. The number of rotatable bonds is 6. The predicted molar refractivity (Wildman–Crippen MR) is 103 cm³/mol. The fourth-order valence-electron chi connectivity index (χ4n) is 2.13. The van der Waals surface area contributed by atoms with Crippen molar-refractivity contribution in [2.45, 2.75) is 0 Å². The number of hydrogen-bond donors (Lipinski definition) is 0. The number of azo groups is 1. The minimum atomic E-state index is -1.05. The van der Waals surface area contributed by atoms with Gasteiger partial charge in [0.25, 0.3) is 0 Å². The van der Waals surface area contributed by atoms with Gasteiger partial charge >= 0.3 is 5.97 Å². The van der Waals surface area contributed by atoms with Gasteiger partial charge < -0.3 is 9.47 Å². The summed E-state index contributed by atoms with van der Waals surface area (Å²) in [4.78, 5) is 11.8. The number of hydrogen-bond acceptors (Lipinski definition) is 6. The number of halogens is 2. The molecule has 0 aliphatic heterocycles. The van der Waals surface area contributed by atoms with Crippen LogP contribution in [0.4, 0.5) is 20.2 Å². The average Bonchev–Trinajstić information content (AvgIpc) is 3.21. The molecule has 3 aromatic rings. The van der Waals surface area contributed by atoms with Crippen molar-refractivity contribution < 1.29 is 23.0 Å². The molecule has 0 aliphatic carbocycles. The summed E-state index contributed by atoms with van der Waals surface area (Å²) in [5.41, 5.74) is 1.22. The van der Waals surface area contributed by atoms with E-state index < -0.39 is 23.4 Å². The molecule has 2 aromatic carbocycles. The maximum Gasteiger partial charge on any atom is 0.336 e. The first-order chi connectivity index (χ1) is 13.5. The van der Waals surface area contributed by atoms with Crippen LogP contribution in [0.15, 0.2) is 69.5 Å². The Bertz CT molecular complexity index is 993. The second kappa shape index (κ2) is 9.01. The molecular weight excluding hydrogens is 386 g/mol. The zero-order valence-corrected chi connectivity index (χ0v) is 15.5. The van der Waals surface area contributed by atoms with Crippen molar-refractivity contribution in [1.82, 2.24) is 0 Å². The van der Waals surface area contributed by atoms with Gasteiger partial charge in [0.05, 0.1) is 18.5 Å². The highest BCUT2D eigenvalue weighted by molar-refractivity contribution is 7.08. The minimum absolute atomic E-state index is 0.0561.